The third-order valence-corrected chi connectivity index (χ3v) is 4.97. The maximum Gasteiger partial charge on any atom is 0.271 e. The summed E-state index contributed by atoms with van der Waals surface area (Å²) in [7, 11) is 1.61. The summed E-state index contributed by atoms with van der Waals surface area (Å²) in [6.07, 6.45) is 7.63. The molecule has 0 saturated heterocycles. The van der Waals surface area contributed by atoms with Gasteiger partial charge in [-0.1, -0.05) is 12.8 Å². The van der Waals surface area contributed by atoms with Crippen LogP contribution in [0.3, 0.4) is 0 Å². The minimum absolute atomic E-state index is 0.0448. The van der Waals surface area contributed by atoms with E-state index < -0.39 is 0 Å². The summed E-state index contributed by atoms with van der Waals surface area (Å²) in [6, 6.07) is 0.290. The lowest BCUT2D eigenvalue weighted by Crippen LogP contribution is -2.38. The number of aromatic nitrogens is 2. The Balaban J connectivity index is 1.59. The highest BCUT2D eigenvalue weighted by molar-refractivity contribution is 5.93. The Morgan fingerprint density at radius 3 is 2.88 bits per heavy atom. The van der Waals surface area contributed by atoms with Crippen molar-refractivity contribution in [1.29, 1.82) is 0 Å². The maximum absolute atomic E-state index is 12.4. The largest absolute Gasteiger partial charge is 0.383 e. The summed E-state index contributed by atoms with van der Waals surface area (Å²) in [5, 5.41) is 5.98. The first-order chi connectivity index (χ1) is 11.7. The normalized spacial score (nSPS) is 20.6. The van der Waals surface area contributed by atoms with E-state index in [0.717, 1.165) is 25.0 Å². The minimum Gasteiger partial charge on any atom is -0.383 e. The van der Waals surface area contributed by atoms with Gasteiger partial charge in [-0.25, -0.2) is 4.98 Å². The molecule has 2 N–H and O–H groups in total. The molecular weight excluding hydrogens is 308 g/mol. The highest BCUT2D eigenvalue weighted by atomic mass is 16.5. The molecule has 1 saturated carbocycles. The van der Waals surface area contributed by atoms with Crippen molar-refractivity contribution in [2.75, 3.05) is 20.3 Å². The topological polar surface area (TPSA) is 85.2 Å². The van der Waals surface area contributed by atoms with E-state index in [1.54, 1.807) is 13.4 Å². The molecule has 1 unspecified atom stereocenters. The first-order valence-electron chi connectivity index (χ1n) is 8.80. The van der Waals surface area contributed by atoms with Gasteiger partial charge in [0.05, 0.1) is 24.5 Å². The van der Waals surface area contributed by atoms with Crippen LogP contribution in [0.15, 0.2) is 6.33 Å². The zero-order chi connectivity index (χ0) is 16.9. The Morgan fingerprint density at radius 1 is 1.33 bits per heavy atom. The fourth-order valence-electron chi connectivity index (χ4n) is 3.61. The van der Waals surface area contributed by atoms with E-state index in [-0.39, 0.29) is 23.8 Å². The van der Waals surface area contributed by atoms with E-state index in [9.17, 15) is 9.59 Å². The van der Waals surface area contributed by atoms with Gasteiger partial charge in [0.15, 0.2) is 0 Å². The van der Waals surface area contributed by atoms with Crippen LogP contribution in [-0.2, 0) is 22.5 Å². The van der Waals surface area contributed by atoms with E-state index in [1.807, 2.05) is 4.57 Å². The van der Waals surface area contributed by atoms with Crippen molar-refractivity contribution in [2.24, 2.45) is 5.92 Å². The molecule has 1 aromatic heterocycles. The van der Waals surface area contributed by atoms with Crippen molar-refractivity contribution < 1.29 is 14.3 Å². The standard InChI is InChI=1S/C17H26N4O3/c1-24-9-8-18-16(22)12-6-7-14-15(19-11-21(14)10-12)17(23)20-13-4-2-3-5-13/h11-13H,2-10H2,1H3,(H,18,22)(H,20,23). The van der Waals surface area contributed by atoms with Crippen molar-refractivity contribution in [1.82, 2.24) is 20.2 Å². The van der Waals surface area contributed by atoms with Crippen LogP contribution in [0.1, 0.15) is 48.3 Å². The maximum atomic E-state index is 12.4. The molecule has 24 heavy (non-hydrogen) atoms. The summed E-state index contributed by atoms with van der Waals surface area (Å²) < 4.78 is 6.90. The smallest absolute Gasteiger partial charge is 0.271 e. The van der Waals surface area contributed by atoms with Gasteiger partial charge in [0.2, 0.25) is 5.91 Å². The van der Waals surface area contributed by atoms with E-state index in [2.05, 4.69) is 15.6 Å². The van der Waals surface area contributed by atoms with E-state index >= 15 is 0 Å². The van der Waals surface area contributed by atoms with Crippen molar-refractivity contribution in [3.8, 4) is 0 Å². The predicted molar refractivity (Wildman–Crippen MR) is 88.6 cm³/mol. The molecule has 0 bridgehead atoms. The van der Waals surface area contributed by atoms with Crippen molar-refractivity contribution in [3.63, 3.8) is 0 Å². The van der Waals surface area contributed by atoms with Crippen LogP contribution in [0.2, 0.25) is 0 Å². The first-order valence-corrected chi connectivity index (χ1v) is 8.80. The van der Waals surface area contributed by atoms with Crippen molar-refractivity contribution in [2.45, 2.75) is 51.1 Å². The molecule has 2 amide bonds. The lowest BCUT2D eigenvalue weighted by molar-refractivity contribution is -0.126. The van der Waals surface area contributed by atoms with Crippen LogP contribution in [0, 0.1) is 5.92 Å². The van der Waals surface area contributed by atoms with Gasteiger partial charge in [0.25, 0.3) is 5.91 Å². The van der Waals surface area contributed by atoms with E-state index in [0.29, 0.717) is 31.8 Å². The lowest BCUT2D eigenvalue weighted by Gasteiger charge is -2.24. The number of nitrogens with zero attached hydrogens (tertiary/aromatic N) is 2. The Kier molecular flexibility index (Phi) is 5.50. The molecule has 3 rings (SSSR count). The number of carbonyl (C=O) groups excluding carboxylic acids is 2. The van der Waals surface area contributed by atoms with Crippen LogP contribution >= 0.6 is 0 Å². The summed E-state index contributed by atoms with van der Waals surface area (Å²) >= 11 is 0. The molecule has 2 aliphatic rings. The summed E-state index contributed by atoms with van der Waals surface area (Å²) in [4.78, 5) is 28.9. The van der Waals surface area contributed by atoms with Gasteiger partial charge in [0.1, 0.15) is 5.69 Å². The first kappa shape index (κ1) is 17.0. The second-order valence-electron chi connectivity index (χ2n) is 6.67. The number of fused-ring (bicyclic) bond motifs is 1. The molecule has 1 fully saturated rings. The number of hydrogen-bond acceptors (Lipinski definition) is 4. The summed E-state index contributed by atoms with van der Waals surface area (Å²) in [5.74, 6) is -0.101. The van der Waals surface area contributed by atoms with Gasteiger partial charge < -0.3 is 19.9 Å². The molecule has 1 aromatic rings. The predicted octanol–water partition coefficient (Wildman–Crippen LogP) is 0.881. The molecule has 0 radical (unpaired) electrons. The molecule has 7 nitrogen and oxygen atoms in total. The van der Waals surface area contributed by atoms with Gasteiger partial charge in [-0.15, -0.1) is 0 Å². The molecule has 1 aliphatic carbocycles. The summed E-state index contributed by atoms with van der Waals surface area (Å²) in [5.41, 5.74) is 1.48. The second kappa shape index (κ2) is 7.79. The van der Waals surface area contributed by atoms with E-state index in [1.165, 1.54) is 12.8 Å². The number of methoxy groups -OCH3 is 1. The second-order valence-corrected chi connectivity index (χ2v) is 6.67. The number of rotatable bonds is 6. The fraction of sp³-hybridized carbons (Fsp3) is 0.706. The quantitative estimate of drug-likeness (QED) is 0.756. The average Bonchev–Trinajstić information content (AvgIpc) is 3.23. The summed E-state index contributed by atoms with van der Waals surface area (Å²) in [6.45, 7) is 1.62. The molecule has 0 spiro atoms. The van der Waals surface area contributed by atoms with Crippen molar-refractivity contribution >= 4 is 11.8 Å². The Hall–Kier alpha value is -1.89. The third-order valence-electron chi connectivity index (χ3n) is 4.97. The Bertz CT molecular complexity index is 593. The molecule has 7 heteroatoms. The van der Waals surface area contributed by atoms with Gasteiger partial charge in [-0.3, -0.25) is 9.59 Å². The SMILES string of the molecule is COCCNC(=O)C1CCc2c(C(=O)NC3CCCC3)ncn2C1. The zero-order valence-electron chi connectivity index (χ0n) is 14.2. The highest BCUT2D eigenvalue weighted by Gasteiger charge is 2.29. The molecule has 1 aliphatic heterocycles. The van der Waals surface area contributed by atoms with Gasteiger partial charge in [-0.05, 0) is 25.7 Å². The number of amides is 2. The number of hydrogen-bond donors (Lipinski definition) is 2. The van der Waals surface area contributed by atoms with Gasteiger partial charge in [0, 0.05) is 26.2 Å². The molecule has 0 aromatic carbocycles. The van der Waals surface area contributed by atoms with Crippen LogP contribution < -0.4 is 10.6 Å². The van der Waals surface area contributed by atoms with Gasteiger partial charge >= 0.3 is 0 Å². The van der Waals surface area contributed by atoms with Crippen LogP contribution in [0.5, 0.6) is 0 Å². The highest BCUT2D eigenvalue weighted by Crippen LogP contribution is 2.23. The monoisotopic (exact) mass is 334 g/mol. The fourth-order valence-corrected chi connectivity index (χ4v) is 3.61. The Morgan fingerprint density at radius 2 is 2.12 bits per heavy atom. The van der Waals surface area contributed by atoms with Crippen LogP contribution in [0.25, 0.3) is 0 Å². The molecule has 2 heterocycles. The lowest BCUT2D eigenvalue weighted by atomic mass is 9.96. The number of carbonyl (C=O) groups is 2. The third kappa shape index (κ3) is 3.77. The van der Waals surface area contributed by atoms with Gasteiger partial charge in [-0.2, -0.15) is 0 Å². The van der Waals surface area contributed by atoms with Crippen LogP contribution in [0.4, 0.5) is 0 Å². The van der Waals surface area contributed by atoms with E-state index in [4.69, 9.17) is 4.74 Å². The molecular formula is C17H26N4O3. The minimum atomic E-state index is -0.0747. The molecule has 132 valence electrons. The average molecular weight is 334 g/mol. The Labute approximate surface area is 142 Å². The number of nitrogens with one attached hydrogen (secondary N) is 2. The number of imidazole rings is 1. The number of ether oxygens (including phenoxy) is 1. The zero-order valence-corrected chi connectivity index (χ0v) is 14.2. The molecule has 1 atom stereocenters. The van der Waals surface area contributed by atoms with Crippen LogP contribution in [-0.4, -0.2) is 47.7 Å². The van der Waals surface area contributed by atoms with Crippen molar-refractivity contribution in [3.05, 3.63) is 17.7 Å².